The van der Waals surface area contributed by atoms with Crippen LogP contribution in [0.3, 0.4) is 0 Å². The van der Waals surface area contributed by atoms with Gasteiger partial charge in [0, 0.05) is 25.5 Å². The van der Waals surface area contributed by atoms with Crippen LogP contribution in [0.15, 0.2) is 12.4 Å². The van der Waals surface area contributed by atoms with Crippen molar-refractivity contribution in [2.45, 2.75) is 59.3 Å². The molecule has 0 aromatic carbocycles. The van der Waals surface area contributed by atoms with Crippen LogP contribution in [0.5, 0.6) is 0 Å². The maximum absolute atomic E-state index is 12.9. The third-order valence-electron chi connectivity index (χ3n) is 5.31. The molecule has 0 spiro atoms. The zero-order valence-corrected chi connectivity index (χ0v) is 16.7. The average Bonchev–Trinajstić information content (AvgIpc) is 3.23. The van der Waals surface area contributed by atoms with Gasteiger partial charge in [-0.2, -0.15) is 0 Å². The first kappa shape index (κ1) is 19.5. The average molecular weight is 374 g/mol. The molecule has 2 aromatic rings. The van der Waals surface area contributed by atoms with Gasteiger partial charge in [0.1, 0.15) is 12.4 Å². The summed E-state index contributed by atoms with van der Waals surface area (Å²) in [5.41, 5.74) is 0. The maximum Gasteiger partial charge on any atom is 0.245 e. The Morgan fingerprint density at radius 1 is 1.30 bits per heavy atom. The summed E-state index contributed by atoms with van der Waals surface area (Å²) in [4.78, 5) is 21.4. The van der Waals surface area contributed by atoms with E-state index in [1.54, 1.807) is 10.9 Å². The van der Waals surface area contributed by atoms with E-state index < -0.39 is 0 Å². The Morgan fingerprint density at radius 3 is 2.67 bits per heavy atom. The van der Waals surface area contributed by atoms with Crippen LogP contribution in [0.2, 0.25) is 0 Å². The number of piperidine rings is 1. The van der Waals surface area contributed by atoms with E-state index in [9.17, 15) is 4.79 Å². The van der Waals surface area contributed by atoms with Crippen molar-refractivity contribution >= 4 is 5.91 Å². The number of amides is 1. The summed E-state index contributed by atoms with van der Waals surface area (Å²) in [5, 5.41) is 12.0. The molecule has 1 aliphatic heterocycles. The number of nitrogens with zero attached hydrogens (tertiary/aromatic N) is 8. The number of hydrogen-bond acceptors (Lipinski definition) is 6. The van der Waals surface area contributed by atoms with E-state index in [1.165, 1.54) is 12.8 Å². The molecular weight excluding hydrogens is 344 g/mol. The van der Waals surface area contributed by atoms with Crippen molar-refractivity contribution in [3.8, 4) is 0 Å². The van der Waals surface area contributed by atoms with Crippen LogP contribution < -0.4 is 0 Å². The van der Waals surface area contributed by atoms with Gasteiger partial charge in [-0.3, -0.25) is 9.69 Å². The molecule has 1 aliphatic rings. The van der Waals surface area contributed by atoms with Crippen LogP contribution in [0, 0.1) is 5.92 Å². The highest BCUT2D eigenvalue weighted by Crippen LogP contribution is 2.17. The Hall–Kier alpha value is -2.29. The van der Waals surface area contributed by atoms with Gasteiger partial charge in [0.15, 0.2) is 5.82 Å². The van der Waals surface area contributed by atoms with Crippen LogP contribution >= 0.6 is 0 Å². The fourth-order valence-corrected chi connectivity index (χ4v) is 3.36. The van der Waals surface area contributed by atoms with E-state index in [1.807, 2.05) is 36.6 Å². The lowest BCUT2D eigenvalue weighted by Gasteiger charge is -2.29. The van der Waals surface area contributed by atoms with E-state index in [0.717, 1.165) is 30.7 Å². The molecule has 3 rings (SSSR count). The Kier molecular flexibility index (Phi) is 6.20. The van der Waals surface area contributed by atoms with Gasteiger partial charge in [0.25, 0.3) is 0 Å². The highest BCUT2D eigenvalue weighted by molar-refractivity contribution is 5.76. The Morgan fingerprint density at radius 2 is 2.04 bits per heavy atom. The van der Waals surface area contributed by atoms with Gasteiger partial charge in [-0.1, -0.05) is 6.92 Å². The molecule has 9 heteroatoms. The fraction of sp³-hybridized carbons (Fsp3) is 0.722. The molecular formula is C18H30N8O. The number of aromatic nitrogens is 6. The first-order chi connectivity index (χ1) is 12.9. The molecule has 0 bridgehead atoms. The van der Waals surface area contributed by atoms with Crippen molar-refractivity contribution in [3.05, 3.63) is 24.0 Å². The predicted octanol–water partition coefficient (Wildman–Crippen LogP) is 1.08. The van der Waals surface area contributed by atoms with Crippen LogP contribution in [-0.2, 0) is 31.5 Å². The zero-order valence-electron chi connectivity index (χ0n) is 16.7. The van der Waals surface area contributed by atoms with E-state index >= 15 is 0 Å². The lowest BCUT2D eigenvalue weighted by molar-refractivity contribution is -0.134. The SMILES string of the molecule is CC1CCN(Cc2nnnn2CC(=O)N(Cc2nccn2C)C(C)C)CC1. The lowest BCUT2D eigenvalue weighted by atomic mass is 9.99. The molecule has 0 radical (unpaired) electrons. The molecule has 0 aliphatic carbocycles. The lowest BCUT2D eigenvalue weighted by Crippen LogP contribution is -2.40. The Bertz CT molecular complexity index is 744. The quantitative estimate of drug-likeness (QED) is 0.721. The minimum Gasteiger partial charge on any atom is -0.337 e. The molecule has 2 aromatic heterocycles. The molecule has 27 heavy (non-hydrogen) atoms. The monoisotopic (exact) mass is 374 g/mol. The van der Waals surface area contributed by atoms with Crippen molar-refractivity contribution in [1.29, 1.82) is 0 Å². The standard InChI is InChI=1S/C18H30N8O/c1-14(2)25(12-16-19-7-10-23(16)4)18(27)13-26-17(20-21-22-26)11-24-8-5-15(3)6-9-24/h7,10,14-15H,5-6,8-9,11-13H2,1-4H3. The first-order valence-electron chi connectivity index (χ1n) is 9.67. The van der Waals surface area contributed by atoms with E-state index in [2.05, 4.69) is 32.3 Å². The second-order valence-corrected chi connectivity index (χ2v) is 7.78. The molecule has 0 atom stereocenters. The Labute approximate surface area is 160 Å². The minimum atomic E-state index is -0.00573. The predicted molar refractivity (Wildman–Crippen MR) is 100 cm³/mol. The minimum absolute atomic E-state index is 0.00573. The highest BCUT2D eigenvalue weighted by atomic mass is 16.2. The van der Waals surface area contributed by atoms with Crippen molar-refractivity contribution in [3.63, 3.8) is 0 Å². The number of carbonyl (C=O) groups is 1. The summed E-state index contributed by atoms with van der Waals surface area (Å²) in [6.45, 7) is 9.73. The molecule has 1 saturated heterocycles. The summed E-state index contributed by atoms with van der Waals surface area (Å²) in [6.07, 6.45) is 6.03. The van der Waals surface area contributed by atoms with Crippen molar-refractivity contribution < 1.29 is 4.79 Å². The van der Waals surface area contributed by atoms with Gasteiger partial charge in [-0.05, 0) is 56.1 Å². The summed E-state index contributed by atoms with van der Waals surface area (Å²) in [5.74, 6) is 2.38. The van der Waals surface area contributed by atoms with E-state index in [4.69, 9.17) is 0 Å². The number of likely N-dealkylation sites (tertiary alicyclic amines) is 1. The number of imidazole rings is 1. The zero-order chi connectivity index (χ0) is 19.4. The molecule has 148 valence electrons. The van der Waals surface area contributed by atoms with Crippen molar-refractivity contribution in [2.75, 3.05) is 13.1 Å². The molecule has 1 amide bonds. The highest BCUT2D eigenvalue weighted by Gasteiger charge is 2.23. The van der Waals surface area contributed by atoms with Crippen LogP contribution in [-0.4, -0.2) is 64.6 Å². The number of aryl methyl sites for hydroxylation is 1. The maximum atomic E-state index is 12.9. The largest absolute Gasteiger partial charge is 0.337 e. The molecule has 9 nitrogen and oxygen atoms in total. The smallest absolute Gasteiger partial charge is 0.245 e. The van der Waals surface area contributed by atoms with Gasteiger partial charge < -0.3 is 9.47 Å². The Balaban J connectivity index is 1.64. The van der Waals surface area contributed by atoms with Crippen molar-refractivity contribution in [2.24, 2.45) is 13.0 Å². The number of tetrazole rings is 1. The summed E-state index contributed by atoms with van der Waals surface area (Å²) >= 11 is 0. The van der Waals surface area contributed by atoms with E-state index in [0.29, 0.717) is 13.1 Å². The summed E-state index contributed by atoms with van der Waals surface area (Å²) in [6, 6.07) is 0.0673. The first-order valence-corrected chi connectivity index (χ1v) is 9.67. The molecule has 3 heterocycles. The van der Waals surface area contributed by atoms with Gasteiger partial charge in [-0.15, -0.1) is 5.10 Å². The number of carbonyl (C=O) groups excluding carboxylic acids is 1. The van der Waals surface area contributed by atoms with Crippen LogP contribution in [0.25, 0.3) is 0 Å². The molecule has 0 N–H and O–H groups in total. The van der Waals surface area contributed by atoms with Crippen LogP contribution in [0.1, 0.15) is 45.3 Å². The van der Waals surface area contributed by atoms with E-state index in [-0.39, 0.29) is 18.5 Å². The van der Waals surface area contributed by atoms with Crippen molar-refractivity contribution in [1.82, 2.24) is 39.6 Å². The van der Waals surface area contributed by atoms with Crippen LogP contribution in [0.4, 0.5) is 0 Å². The third kappa shape index (κ3) is 4.91. The second kappa shape index (κ2) is 8.60. The molecule has 0 unspecified atom stereocenters. The summed E-state index contributed by atoms with van der Waals surface area (Å²) in [7, 11) is 1.93. The summed E-state index contributed by atoms with van der Waals surface area (Å²) < 4.78 is 3.57. The topological polar surface area (TPSA) is 85.0 Å². The van der Waals surface area contributed by atoms with Gasteiger partial charge in [-0.25, -0.2) is 9.67 Å². The second-order valence-electron chi connectivity index (χ2n) is 7.78. The van der Waals surface area contributed by atoms with Gasteiger partial charge >= 0.3 is 0 Å². The number of rotatable bonds is 7. The third-order valence-corrected chi connectivity index (χ3v) is 5.31. The van der Waals surface area contributed by atoms with Gasteiger partial charge in [0.2, 0.25) is 5.91 Å². The molecule has 0 saturated carbocycles. The van der Waals surface area contributed by atoms with Gasteiger partial charge in [0.05, 0.1) is 13.1 Å². The normalized spacial score (nSPS) is 16.2. The molecule has 1 fully saturated rings. The number of hydrogen-bond donors (Lipinski definition) is 0. The fourth-order valence-electron chi connectivity index (χ4n) is 3.36.